The Balaban J connectivity index is 2.50. The molecule has 21 heavy (non-hydrogen) atoms. The Morgan fingerprint density at radius 2 is 2.29 bits per heavy atom. The molecule has 1 heterocycles. The van der Waals surface area contributed by atoms with Crippen molar-refractivity contribution in [2.75, 3.05) is 6.61 Å². The van der Waals surface area contributed by atoms with Gasteiger partial charge in [0.2, 0.25) is 0 Å². The van der Waals surface area contributed by atoms with Crippen molar-refractivity contribution in [1.29, 1.82) is 0 Å². The summed E-state index contributed by atoms with van der Waals surface area (Å²) >= 11 is 6.01. The smallest absolute Gasteiger partial charge is 0.390 e. The van der Waals surface area contributed by atoms with Crippen molar-refractivity contribution < 1.29 is 14.8 Å². The summed E-state index contributed by atoms with van der Waals surface area (Å²) in [5.74, 6) is -0.567. The minimum absolute atomic E-state index is 0.0611. The fourth-order valence-corrected chi connectivity index (χ4v) is 1.82. The summed E-state index contributed by atoms with van der Waals surface area (Å²) in [6.07, 6.45) is 1.33. The van der Waals surface area contributed by atoms with Gasteiger partial charge < -0.3 is 20.0 Å². The van der Waals surface area contributed by atoms with Crippen molar-refractivity contribution in [3.8, 4) is 0 Å². The van der Waals surface area contributed by atoms with Crippen LogP contribution in [-0.2, 0) is 4.74 Å². The van der Waals surface area contributed by atoms with Gasteiger partial charge in [-0.25, -0.2) is 4.57 Å². The number of nitro groups is 1. The van der Waals surface area contributed by atoms with Crippen molar-refractivity contribution in [2.45, 2.75) is 38.1 Å². The molecule has 9 nitrogen and oxygen atoms in total. The summed E-state index contributed by atoms with van der Waals surface area (Å²) in [5.41, 5.74) is -0.875. The standard InChI is InChI=1S/C11H17ClN4O5/c1-7(8(2)14-18)6-21-10(17)5-9(12)15-4-3-13-11(15)16(19)20/h3-4,7-10,17H,5-6H2,1-2H3. The average molecular weight is 321 g/mol. The van der Waals surface area contributed by atoms with Crippen molar-refractivity contribution in [3.05, 3.63) is 27.4 Å². The van der Waals surface area contributed by atoms with Gasteiger partial charge in [-0.2, -0.15) is 4.91 Å². The number of imidazole rings is 1. The van der Waals surface area contributed by atoms with Gasteiger partial charge in [0.1, 0.15) is 12.4 Å². The number of halogens is 1. The Labute approximate surface area is 126 Å². The fourth-order valence-electron chi connectivity index (χ4n) is 1.52. The lowest BCUT2D eigenvalue weighted by Crippen LogP contribution is -2.24. The van der Waals surface area contributed by atoms with Gasteiger partial charge in [-0.05, 0) is 11.8 Å². The summed E-state index contributed by atoms with van der Waals surface area (Å²) in [5, 5.41) is 23.3. The van der Waals surface area contributed by atoms with Crippen LogP contribution in [0.15, 0.2) is 17.6 Å². The Morgan fingerprint density at radius 3 is 2.86 bits per heavy atom. The molecule has 0 amide bonds. The molecule has 0 fully saturated rings. The van der Waals surface area contributed by atoms with Crippen LogP contribution in [0.4, 0.5) is 5.95 Å². The number of ether oxygens (including phenoxy) is 1. The van der Waals surface area contributed by atoms with Crippen molar-refractivity contribution in [2.24, 2.45) is 11.1 Å². The number of alkyl halides is 1. The molecule has 1 aromatic heterocycles. The lowest BCUT2D eigenvalue weighted by atomic mass is 10.1. The maximum atomic E-state index is 10.7. The van der Waals surface area contributed by atoms with Gasteiger partial charge in [0.25, 0.3) is 0 Å². The largest absolute Gasteiger partial charge is 0.435 e. The van der Waals surface area contributed by atoms with Crippen LogP contribution in [0.2, 0.25) is 0 Å². The number of aromatic nitrogens is 2. The van der Waals surface area contributed by atoms with Gasteiger partial charge in [-0.15, -0.1) is 0 Å². The van der Waals surface area contributed by atoms with E-state index in [1.807, 2.05) is 0 Å². The molecule has 1 N–H and O–H groups in total. The number of aliphatic hydroxyl groups is 1. The quantitative estimate of drug-likeness (QED) is 0.244. The van der Waals surface area contributed by atoms with Crippen molar-refractivity contribution in [1.82, 2.24) is 9.55 Å². The van der Waals surface area contributed by atoms with Crippen molar-refractivity contribution >= 4 is 17.5 Å². The second-order valence-electron chi connectivity index (χ2n) is 4.67. The van der Waals surface area contributed by atoms with Crippen LogP contribution in [0.3, 0.4) is 0 Å². The number of hydrogen-bond acceptors (Lipinski definition) is 7. The summed E-state index contributed by atoms with van der Waals surface area (Å²) < 4.78 is 6.30. The zero-order valence-electron chi connectivity index (χ0n) is 11.6. The number of rotatable bonds is 9. The highest BCUT2D eigenvalue weighted by Crippen LogP contribution is 2.24. The minimum Gasteiger partial charge on any atom is -0.390 e. The predicted octanol–water partition coefficient (Wildman–Crippen LogP) is 2.04. The second kappa shape index (κ2) is 8.01. The SMILES string of the molecule is CC(COC(O)CC(Cl)n1ccnc1[N+](=O)[O-])C(C)N=O. The normalized spacial score (nSPS) is 17.0. The van der Waals surface area contributed by atoms with Gasteiger partial charge in [0.15, 0.2) is 11.8 Å². The van der Waals surface area contributed by atoms with Crippen molar-refractivity contribution in [3.63, 3.8) is 0 Å². The van der Waals surface area contributed by atoms with Gasteiger partial charge in [-0.3, -0.25) is 0 Å². The third-order valence-corrected chi connectivity index (χ3v) is 3.44. The van der Waals surface area contributed by atoms with Crippen LogP contribution < -0.4 is 0 Å². The van der Waals surface area contributed by atoms with Gasteiger partial charge in [0.05, 0.1) is 12.6 Å². The maximum absolute atomic E-state index is 10.7. The number of hydrogen-bond donors (Lipinski definition) is 1. The number of nitrogens with zero attached hydrogens (tertiary/aromatic N) is 4. The van der Waals surface area contributed by atoms with E-state index in [1.165, 1.54) is 12.4 Å². The molecule has 0 radical (unpaired) electrons. The highest BCUT2D eigenvalue weighted by Gasteiger charge is 2.24. The minimum atomic E-state index is -1.21. The molecule has 0 aliphatic carbocycles. The molecule has 0 aromatic carbocycles. The predicted molar refractivity (Wildman–Crippen MR) is 74.8 cm³/mol. The molecular formula is C11H17ClN4O5. The lowest BCUT2D eigenvalue weighted by molar-refractivity contribution is -0.397. The van der Waals surface area contributed by atoms with Gasteiger partial charge in [-0.1, -0.05) is 28.7 Å². The van der Waals surface area contributed by atoms with Crippen LogP contribution in [0, 0.1) is 20.9 Å². The van der Waals surface area contributed by atoms with E-state index in [9.17, 15) is 20.1 Å². The third-order valence-electron chi connectivity index (χ3n) is 3.05. The molecule has 4 unspecified atom stereocenters. The van der Waals surface area contributed by atoms with E-state index in [4.69, 9.17) is 16.3 Å². The Morgan fingerprint density at radius 1 is 1.62 bits per heavy atom. The molecule has 4 atom stereocenters. The second-order valence-corrected chi connectivity index (χ2v) is 5.18. The molecule has 0 saturated heterocycles. The van der Waals surface area contributed by atoms with E-state index in [1.54, 1.807) is 13.8 Å². The zero-order chi connectivity index (χ0) is 16.0. The molecule has 10 heteroatoms. The Kier molecular flexibility index (Phi) is 6.66. The molecule has 0 saturated carbocycles. The Bertz CT molecular complexity index is 483. The van der Waals surface area contributed by atoms with E-state index in [2.05, 4.69) is 10.2 Å². The van der Waals surface area contributed by atoms with E-state index in [-0.39, 0.29) is 18.9 Å². The molecule has 0 aliphatic heterocycles. The summed E-state index contributed by atoms with van der Waals surface area (Å²) in [4.78, 5) is 24.0. The highest BCUT2D eigenvalue weighted by atomic mass is 35.5. The molecule has 0 spiro atoms. The molecule has 118 valence electrons. The van der Waals surface area contributed by atoms with Crippen LogP contribution in [-0.4, -0.2) is 38.5 Å². The van der Waals surface area contributed by atoms with Crippen LogP contribution in [0.1, 0.15) is 25.8 Å². The van der Waals surface area contributed by atoms with E-state index < -0.39 is 28.7 Å². The number of nitroso groups, excluding NO2 is 1. The van der Waals surface area contributed by atoms with E-state index in [0.29, 0.717) is 0 Å². The monoisotopic (exact) mass is 320 g/mol. The molecule has 1 rings (SSSR count). The number of aliphatic hydroxyl groups excluding tert-OH is 1. The first-order valence-electron chi connectivity index (χ1n) is 6.30. The average Bonchev–Trinajstić information content (AvgIpc) is 2.93. The topological polar surface area (TPSA) is 120 Å². The molecule has 0 bridgehead atoms. The van der Waals surface area contributed by atoms with Gasteiger partial charge in [0, 0.05) is 12.3 Å². The first-order valence-corrected chi connectivity index (χ1v) is 6.73. The highest BCUT2D eigenvalue weighted by molar-refractivity contribution is 6.19. The third kappa shape index (κ3) is 5.03. The molecular weight excluding hydrogens is 304 g/mol. The molecule has 1 aromatic rings. The Hall–Kier alpha value is -1.58. The van der Waals surface area contributed by atoms with Crippen LogP contribution >= 0.6 is 11.6 Å². The van der Waals surface area contributed by atoms with E-state index >= 15 is 0 Å². The van der Waals surface area contributed by atoms with Crippen LogP contribution in [0.25, 0.3) is 0 Å². The first-order chi connectivity index (χ1) is 9.86. The summed E-state index contributed by atoms with van der Waals surface area (Å²) in [7, 11) is 0. The first kappa shape index (κ1) is 17.5. The maximum Gasteiger partial charge on any atom is 0.435 e. The van der Waals surface area contributed by atoms with E-state index in [0.717, 1.165) is 4.57 Å². The van der Waals surface area contributed by atoms with Crippen LogP contribution in [0.5, 0.6) is 0 Å². The van der Waals surface area contributed by atoms with Gasteiger partial charge >= 0.3 is 5.95 Å². The summed E-state index contributed by atoms with van der Waals surface area (Å²) in [6.45, 7) is 3.54. The molecule has 0 aliphatic rings. The summed E-state index contributed by atoms with van der Waals surface area (Å²) in [6, 6.07) is -0.432. The zero-order valence-corrected chi connectivity index (χ0v) is 12.4. The lowest BCUT2D eigenvalue weighted by Gasteiger charge is -2.18. The fraction of sp³-hybridized carbons (Fsp3) is 0.727.